The first-order chi connectivity index (χ1) is 14.0. The van der Waals surface area contributed by atoms with Crippen LogP contribution in [0.3, 0.4) is 0 Å². The highest BCUT2D eigenvalue weighted by molar-refractivity contribution is 7.10. The number of rotatable bonds is 4. The van der Waals surface area contributed by atoms with Crippen molar-refractivity contribution in [3.8, 4) is 0 Å². The molecule has 2 aliphatic rings. The molecular weight excluding hydrogens is 390 g/mol. The van der Waals surface area contributed by atoms with Gasteiger partial charge in [0.1, 0.15) is 11.5 Å². The quantitative estimate of drug-likeness (QED) is 0.710. The number of nitrogens with zero attached hydrogens (tertiary/aromatic N) is 2. The predicted octanol–water partition coefficient (Wildman–Crippen LogP) is 1.88. The number of hydrogen-bond donors (Lipinski definition) is 3. The molecule has 4 heterocycles. The molecule has 2 aromatic heterocycles. The minimum absolute atomic E-state index is 0.00735. The number of hydrogen-bond acceptors (Lipinski definition) is 6. The predicted molar refractivity (Wildman–Crippen MR) is 109 cm³/mol. The summed E-state index contributed by atoms with van der Waals surface area (Å²) in [5, 5.41) is 11.2. The summed E-state index contributed by atoms with van der Waals surface area (Å²) in [6, 6.07) is 7.24. The number of nitrogens with one attached hydrogen (secondary N) is 3. The number of carbonyl (C=O) groups excluding carboxylic acids is 3. The molecule has 0 bridgehead atoms. The van der Waals surface area contributed by atoms with Gasteiger partial charge in [0.05, 0.1) is 18.2 Å². The van der Waals surface area contributed by atoms with Crippen LogP contribution in [0.1, 0.15) is 47.5 Å². The van der Waals surface area contributed by atoms with Crippen LogP contribution in [0.15, 0.2) is 35.8 Å². The maximum Gasteiger partial charge on any atom is 0.256 e. The lowest BCUT2D eigenvalue weighted by molar-refractivity contribution is -0.135. The van der Waals surface area contributed by atoms with Gasteiger partial charge in [-0.2, -0.15) is 0 Å². The Balaban J connectivity index is 1.40. The smallest absolute Gasteiger partial charge is 0.256 e. The van der Waals surface area contributed by atoms with Gasteiger partial charge in [0.2, 0.25) is 11.8 Å². The highest BCUT2D eigenvalue weighted by Gasteiger charge is 2.41. The van der Waals surface area contributed by atoms with Gasteiger partial charge in [-0.1, -0.05) is 6.07 Å². The number of aromatic nitrogens is 1. The Morgan fingerprint density at radius 3 is 2.97 bits per heavy atom. The molecule has 0 unspecified atom stereocenters. The SMILES string of the molecule is C[C@H](NC(=O)CN1CC[C@]2(CCC1=O)NC(=O)c1cccnc1N2)c1cccs1. The number of carbonyl (C=O) groups is 3. The average molecular weight is 414 g/mol. The van der Waals surface area contributed by atoms with Crippen molar-refractivity contribution < 1.29 is 14.4 Å². The molecule has 3 amide bonds. The molecule has 8 nitrogen and oxygen atoms in total. The summed E-state index contributed by atoms with van der Waals surface area (Å²) in [4.78, 5) is 44.5. The lowest BCUT2D eigenvalue weighted by atomic mass is 9.97. The van der Waals surface area contributed by atoms with E-state index < -0.39 is 5.66 Å². The molecule has 2 aliphatic heterocycles. The van der Waals surface area contributed by atoms with Crippen LogP contribution < -0.4 is 16.0 Å². The van der Waals surface area contributed by atoms with Crippen LogP contribution in [0, 0.1) is 0 Å². The fraction of sp³-hybridized carbons (Fsp3) is 0.400. The molecule has 1 saturated heterocycles. The Hall–Kier alpha value is -2.94. The molecule has 9 heteroatoms. The van der Waals surface area contributed by atoms with E-state index in [0.717, 1.165) is 4.88 Å². The minimum atomic E-state index is -0.733. The van der Waals surface area contributed by atoms with Crippen LogP contribution >= 0.6 is 11.3 Å². The van der Waals surface area contributed by atoms with Gasteiger partial charge in [-0.05, 0) is 36.9 Å². The van der Waals surface area contributed by atoms with Gasteiger partial charge < -0.3 is 20.9 Å². The largest absolute Gasteiger partial charge is 0.347 e. The summed E-state index contributed by atoms with van der Waals surface area (Å²) >= 11 is 1.58. The Morgan fingerprint density at radius 1 is 1.31 bits per heavy atom. The summed E-state index contributed by atoms with van der Waals surface area (Å²) in [5.74, 6) is 0.0430. The second kappa shape index (κ2) is 7.82. The molecule has 152 valence electrons. The number of anilines is 1. The Labute approximate surface area is 172 Å². The van der Waals surface area contributed by atoms with Gasteiger partial charge in [0.15, 0.2) is 0 Å². The Bertz CT molecular complexity index is 932. The van der Waals surface area contributed by atoms with Crippen LogP contribution in [0.25, 0.3) is 0 Å². The van der Waals surface area contributed by atoms with E-state index in [9.17, 15) is 14.4 Å². The zero-order chi connectivity index (χ0) is 20.4. The third-order valence-corrected chi connectivity index (χ3v) is 6.43. The maximum absolute atomic E-state index is 12.6. The number of pyridine rings is 1. The average Bonchev–Trinajstić information content (AvgIpc) is 3.20. The van der Waals surface area contributed by atoms with Crippen LogP contribution in [-0.4, -0.2) is 46.4 Å². The van der Waals surface area contributed by atoms with Gasteiger partial charge in [-0.25, -0.2) is 4.98 Å². The van der Waals surface area contributed by atoms with E-state index in [-0.39, 0.29) is 36.7 Å². The van der Waals surface area contributed by atoms with Crippen LogP contribution in [0.5, 0.6) is 0 Å². The van der Waals surface area contributed by atoms with Crippen molar-refractivity contribution in [1.29, 1.82) is 0 Å². The summed E-state index contributed by atoms with van der Waals surface area (Å²) in [6.07, 6.45) is 2.81. The third-order valence-electron chi connectivity index (χ3n) is 5.37. The summed E-state index contributed by atoms with van der Waals surface area (Å²) < 4.78 is 0. The van der Waals surface area contributed by atoms with E-state index in [1.54, 1.807) is 34.6 Å². The van der Waals surface area contributed by atoms with Crippen molar-refractivity contribution in [2.75, 3.05) is 18.4 Å². The lowest BCUT2D eigenvalue weighted by Crippen LogP contribution is -2.58. The van der Waals surface area contributed by atoms with Gasteiger partial charge in [-0.3, -0.25) is 14.4 Å². The number of amides is 3. The van der Waals surface area contributed by atoms with Gasteiger partial charge >= 0.3 is 0 Å². The number of likely N-dealkylation sites (tertiary alicyclic amines) is 1. The standard InChI is InChI=1S/C20H23N5O3S/c1-13(15-5-3-11-29-15)22-16(26)12-25-10-8-20(7-6-17(25)27)23-18-14(19(28)24-20)4-2-9-21-18/h2-5,9,11,13H,6-8,10,12H2,1H3,(H,21,23)(H,22,26)(H,24,28)/t13-,20-/m0/s1. The lowest BCUT2D eigenvalue weighted by Gasteiger charge is -2.39. The van der Waals surface area contributed by atoms with E-state index in [1.165, 1.54) is 0 Å². The molecule has 4 rings (SSSR count). The zero-order valence-corrected chi connectivity index (χ0v) is 16.9. The Kier molecular flexibility index (Phi) is 5.23. The molecular formula is C20H23N5O3S. The molecule has 29 heavy (non-hydrogen) atoms. The minimum Gasteiger partial charge on any atom is -0.347 e. The maximum atomic E-state index is 12.6. The van der Waals surface area contributed by atoms with E-state index in [2.05, 4.69) is 20.9 Å². The molecule has 2 atom stereocenters. The highest BCUT2D eigenvalue weighted by Crippen LogP contribution is 2.30. The monoisotopic (exact) mass is 413 g/mol. The summed E-state index contributed by atoms with van der Waals surface area (Å²) in [5.41, 5.74) is -0.240. The molecule has 0 radical (unpaired) electrons. The Morgan fingerprint density at radius 2 is 2.17 bits per heavy atom. The normalized spacial score (nSPS) is 22.3. The van der Waals surface area contributed by atoms with Crippen molar-refractivity contribution in [3.63, 3.8) is 0 Å². The molecule has 0 saturated carbocycles. The van der Waals surface area contributed by atoms with E-state index >= 15 is 0 Å². The third kappa shape index (κ3) is 4.09. The van der Waals surface area contributed by atoms with Crippen molar-refractivity contribution in [3.05, 3.63) is 46.3 Å². The molecule has 1 spiro atoms. The molecule has 0 aliphatic carbocycles. The molecule has 3 N–H and O–H groups in total. The van der Waals surface area contributed by atoms with Crippen molar-refractivity contribution >= 4 is 34.9 Å². The van der Waals surface area contributed by atoms with Crippen LogP contribution in [0.2, 0.25) is 0 Å². The molecule has 2 aromatic rings. The van der Waals surface area contributed by atoms with Crippen molar-refractivity contribution in [1.82, 2.24) is 20.5 Å². The topological polar surface area (TPSA) is 103 Å². The highest BCUT2D eigenvalue weighted by atomic mass is 32.1. The molecule has 1 fully saturated rings. The van der Waals surface area contributed by atoms with Gasteiger partial charge in [-0.15, -0.1) is 11.3 Å². The van der Waals surface area contributed by atoms with Crippen molar-refractivity contribution in [2.24, 2.45) is 0 Å². The fourth-order valence-electron chi connectivity index (χ4n) is 3.77. The van der Waals surface area contributed by atoms with Crippen LogP contribution in [0.4, 0.5) is 5.82 Å². The van der Waals surface area contributed by atoms with Gasteiger partial charge in [0.25, 0.3) is 5.91 Å². The molecule has 0 aromatic carbocycles. The second-order valence-electron chi connectivity index (χ2n) is 7.43. The first kappa shape index (κ1) is 19.4. The van der Waals surface area contributed by atoms with E-state index in [0.29, 0.717) is 30.8 Å². The fourth-order valence-corrected chi connectivity index (χ4v) is 4.51. The summed E-state index contributed by atoms with van der Waals surface area (Å²) in [7, 11) is 0. The van der Waals surface area contributed by atoms with E-state index in [4.69, 9.17) is 0 Å². The van der Waals surface area contributed by atoms with Crippen molar-refractivity contribution in [2.45, 2.75) is 37.9 Å². The summed E-state index contributed by atoms with van der Waals surface area (Å²) in [6.45, 7) is 2.30. The second-order valence-corrected chi connectivity index (χ2v) is 8.41. The zero-order valence-electron chi connectivity index (χ0n) is 16.1. The first-order valence-corrected chi connectivity index (χ1v) is 10.5. The first-order valence-electron chi connectivity index (χ1n) is 9.62. The van der Waals surface area contributed by atoms with Gasteiger partial charge in [0, 0.05) is 30.5 Å². The number of fused-ring (bicyclic) bond motifs is 1. The van der Waals surface area contributed by atoms with Crippen LogP contribution in [-0.2, 0) is 9.59 Å². The van der Waals surface area contributed by atoms with E-state index in [1.807, 2.05) is 24.4 Å². The number of thiophene rings is 1.